The third-order valence-electron chi connectivity index (χ3n) is 10.8. The van der Waals surface area contributed by atoms with Gasteiger partial charge in [0.05, 0.1) is 0 Å². The molecule has 8 aromatic rings. The number of rotatable bonds is 11. The van der Waals surface area contributed by atoms with Crippen LogP contribution in [0.15, 0.2) is 175 Å². The Kier molecular flexibility index (Phi) is 12.1. The van der Waals surface area contributed by atoms with E-state index in [-0.39, 0.29) is 0 Å². The fraction of sp³-hybridized carbons (Fsp3) is 0.143. The van der Waals surface area contributed by atoms with Crippen molar-refractivity contribution in [2.24, 2.45) is 0 Å². The average Bonchev–Trinajstić information content (AvgIpc) is 3.58. The molecule has 1 heterocycles. The predicted octanol–water partition coefficient (Wildman–Crippen LogP) is 16.7. The van der Waals surface area contributed by atoms with E-state index in [4.69, 9.17) is 4.42 Å². The molecule has 288 valence electrons. The maximum Gasteiger partial charge on any atom is 0.142 e. The highest BCUT2D eigenvalue weighted by atomic mass is 16.3. The molecule has 8 rings (SSSR count). The number of para-hydroxylation sites is 1. The van der Waals surface area contributed by atoms with Crippen LogP contribution in [-0.2, 0) is 0 Å². The molecule has 58 heavy (non-hydrogen) atoms. The Balaban J connectivity index is 0.00000252. The van der Waals surface area contributed by atoms with Gasteiger partial charge in [-0.15, -0.1) is 6.58 Å². The number of hydrogen-bond acceptors (Lipinski definition) is 2. The molecule has 0 unspecified atom stereocenters. The molecule has 2 nitrogen and oxygen atoms in total. The van der Waals surface area contributed by atoms with Crippen LogP contribution in [-0.4, -0.2) is 6.54 Å². The Hall–Kier alpha value is -6.64. The van der Waals surface area contributed by atoms with Gasteiger partial charge in [-0.05, 0) is 113 Å². The van der Waals surface area contributed by atoms with E-state index in [1.807, 2.05) is 39.0 Å². The van der Waals surface area contributed by atoms with Crippen LogP contribution in [0.4, 0.5) is 11.4 Å². The number of aryl methyl sites for hydroxylation is 2. The number of furan rings is 1. The topological polar surface area (TPSA) is 16.4 Å². The first kappa shape index (κ1) is 39.6. The van der Waals surface area contributed by atoms with Gasteiger partial charge in [0.1, 0.15) is 11.3 Å². The van der Waals surface area contributed by atoms with Gasteiger partial charge >= 0.3 is 0 Å². The molecule has 0 N–H and O–H groups in total. The predicted molar refractivity (Wildman–Crippen MR) is 255 cm³/mol. The molecule has 0 aliphatic heterocycles. The second-order valence-electron chi connectivity index (χ2n) is 14.6. The van der Waals surface area contributed by atoms with Crippen molar-refractivity contribution in [2.75, 3.05) is 11.4 Å². The van der Waals surface area contributed by atoms with Crippen molar-refractivity contribution in [3.63, 3.8) is 0 Å². The summed E-state index contributed by atoms with van der Waals surface area (Å²) in [4.78, 5) is 2.40. The normalized spacial score (nSPS) is 11.4. The summed E-state index contributed by atoms with van der Waals surface area (Å²) >= 11 is 0. The number of anilines is 2. The first-order valence-electron chi connectivity index (χ1n) is 20.5. The fourth-order valence-corrected chi connectivity index (χ4v) is 8.16. The van der Waals surface area contributed by atoms with E-state index in [9.17, 15) is 0 Å². The third kappa shape index (κ3) is 7.59. The van der Waals surface area contributed by atoms with Gasteiger partial charge in [0.2, 0.25) is 0 Å². The minimum atomic E-state index is 0.684. The fourth-order valence-electron chi connectivity index (χ4n) is 8.16. The van der Waals surface area contributed by atoms with Gasteiger partial charge in [-0.1, -0.05) is 166 Å². The van der Waals surface area contributed by atoms with Crippen molar-refractivity contribution >= 4 is 55.5 Å². The first-order chi connectivity index (χ1) is 28.4. The zero-order chi connectivity index (χ0) is 40.8. The average molecular weight is 756 g/mol. The van der Waals surface area contributed by atoms with Crippen LogP contribution in [0.2, 0.25) is 0 Å². The maximum absolute atomic E-state index is 6.49. The summed E-state index contributed by atoms with van der Waals surface area (Å²) in [6.07, 6.45) is 11.2. The van der Waals surface area contributed by atoms with Gasteiger partial charge in [0, 0.05) is 40.0 Å². The van der Waals surface area contributed by atoms with Crippen molar-refractivity contribution in [1.29, 1.82) is 0 Å². The van der Waals surface area contributed by atoms with Crippen molar-refractivity contribution in [3.05, 3.63) is 193 Å². The number of benzene rings is 7. The van der Waals surface area contributed by atoms with Gasteiger partial charge in [0.15, 0.2) is 0 Å². The molecule has 0 spiro atoms. The standard InChI is InChI=1S/C54H47NO.C2H6/c1-7-9-10-15-33-55(50-35-40(29-32-43(50)36(3)4)45-26-17-25-44-38(6)51(18-8-2)56-54(44)45)42-30-27-39(28-31-42)52-46-21-11-13-23-48(46)53(41-20-16-19-37(5)34-41)49-24-14-12-22-47(49)52;1-2/h7-8,10-32,34-35H,1,3,9,33H2,2,4-6H3;1-2H3/b15-10?,18-8-;. The summed E-state index contributed by atoms with van der Waals surface area (Å²) < 4.78 is 6.49. The molecule has 0 saturated heterocycles. The molecule has 0 atom stereocenters. The summed E-state index contributed by atoms with van der Waals surface area (Å²) in [5.74, 6) is 0.896. The van der Waals surface area contributed by atoms with Crippen LogP contribution in [0.1, 0.15) is 56.6 Å². The second-order valence-corrected chi connectivity index (χ2v) is 14.6. The molecular weight excluding hydrogens is 703 g/mol. The van der Waals surface area contributed by atoms with Gasteiger partial charge in [0.25, 0.3) is 0 Å². The van der Waals surface area contributed by atoms with E-state index in [1.54, 1.807) is 0 Å². The highest BCUT2D eigenvalue weighted by Crippen LogP contribution is 2.45. The lowest BCUT2D eigenvalue weighted by Gasteiger charge is -2.28. The summed E-state index contributed by atoms with van der Waals surface area (Å²) in [6, 6.07) is 48.8. The summed E-state index contributed by atoms with van der Waals surface area (Å²) in [7, 11) is 0. The Bertz CT molecular complexity index is 2770. The zero-order valence-electron chi connectivity index (χ0n) is 34.8. The Morgan fingerprint density at radius 1 is 0.655 bits per heavy atom. The molecule has 0 aliphatic rings. The van der Waals surface area contributed by atoms with Crippen LogP contribution in [0.5, 0.6) is 0 Å². The Labute approximate surface area is 344 Å². The minimum absolute atomic E-state index is 0.684. The SMILES string of the molecule is C=CCC=CCN(c1ccc(-c2c3ccccc3c(-c3cccc(C)c3)c3ccccc23)cc1)c1cc(-c2cccc3c(C)c(/C=C\C)oc23)ccc1C(=C)C.CC. The molecular formula is C56H53NO. The first-order valence-corrected chi connectivity index (χ1v) is 20.5. The number of allylic oxidation sites excluding steroid dienone is 4. The van der Waals surface area contributed by atoms with E-state index in [0.717, 1.165) is 62.4 Å². The van der Waals surface area contributed by atoms with Crippen LogP contribution in [0.3, 0.4) is 0 Å². The smallest absolute Gasteiger partial charge is 0.142 e. The lowest BCUT2D eigenvalue weighted by molar-refractivity contribution is 0.602. The molecule has 0 saturated carbocycles. The summed E-state index contributed by atoms with van der Waals surface area (Å²) in [6.45, 7) is 21.4. The van der Waals surface area contributed by atoms with Crippen LogP contribution >= 0.6 is 0 Å². The van der Waals surface area contributed by atoms with Crippen molar-refractivity contribution in [2.45, 2.75) is 48.0 Å². The van der Waals surface area contributed by atoms with E-state index < -0.39 is 0 Å². The quantitative estimate of drug-likeness (QED) is 0.0965. The van der Waals surface area contributed by atoms with Crippen molar-refractivity contribution in [3.8, 4) is 33.4 Å². The van der Waals surface area contributed by atoms with E-state index in [1.165, 1.54) is 49.4 Å². The minimum Gasteiger partial charge on any atom is -0.456 e. The molecule has 0 radical (unpaired) electrons. The molecule has 2 heteroatoms. The van der Waals surface area contributed by atoms with E-state index in [2.05, 4.69) is 184 Å². The number of hydrogen-bond donors (Lipinski definition) is 0. The summed E-state index contributed by atoms with van der Waals surface area (Å²) in [5, 5.41) is 6.14. The second kappa shape index (κ2) is 17.7. The molecule has 0 fully saturated rings. The molecule has 7 aromatic carbocycles. The third-order valence-corrected chi connectivity index (χ3v) is 10.8. The van der Waals surface area contributed by atoms with Gasteiger partial charge < -0.3 is 9.32 Å². The van der Waals surface area contributed by atoms with Crippen molar-refractivity contribution < 1.29 is 4.42 Å². The van der Waals surface area contributed by atoms with Gasteiger partial charge in [-0.2, -0.15) is 0 Å². The van der Waals surface area contributed by atoms with Crippen LogP contribution in [0.25, 0.3) is 77.5 Å². The zero-order valence-corrected chi connectivity index (χ0v) is 34.8. The summed E-state index contributed by atoms with van der Waals surface area (Å²) in [5.41, 5.74) is 14.8. The lowest BCUT2D eigenvalue weighted by Crippen LogP contribution is -2.18. The lowest BCUT2D eigenvalue weighted by atomic mass is 9.85. The number of nitrogens with zero attached hydrogens (tertiary/aromatic N) is 1. The highest BCUT2D eigenvalue weighted by Gasteiger charge is 2.20. The Morgan fingerprint density at radius 2 is 1.26 bits per heavy atom. The largest absolute Gasteiger partial charge is 0.456 e. The van der Waals surface area contributed by atoms with Crippen molar-refractivity contribution in [1.82, 2.24) is 0 Å². The van der Waals surface area contributed by atoms with Gasteiger partial charge in [-0.25, -0.2) is 0 Å². The van der Waals surface area contributed by atoms with Gasteiger partial charge in [-0.3, -0.25) is 0 Å². The molecule has 1 aromatic heterocycles. The van der Waals surface area contributed by atoms with E-state index >= 15 is 0 Å². The van der Waals surface area contributed by atoms with Crippen LogP contribution in [0, 0.1) is 13.8 Å². The molecule has 0 bridgehead atoms. The highest BCUT2D eigenvalue weighted by molar-refractivity contribution is 6.21. The monoisotopic (exact) mass is 755 g/mol. The van der Waals surface area contributed by atoms with Crippen LogP contribution < -0.4 is 4.90 Å². The molecule has 0 aliphatic carbocycles. The van der Waals surface area contributed by atoms with E-state index in [0.29, 0.717) is 6.54 Å². The Morgan fingerprint density at radius 3 is 1.86 bits per heavy atom. The molecule has 0 amide bonds. The number of fused-ring (bicyclic) bond motifs is 3. The maximum atomic E-state index is 6.49.